The fourth-order valence-electron chi connectivity index (χ4n) is 4.83. The van der Waals surface area contributed by atoms with Crippen LogP contribution in [0.4, 0.5) is 0 Å². The highest BCUT2D eigenvalue weighted by atomic mass is 79.9. The Morgan fingerprint density at radius 2 is 2.07 bits per heavy atom. The average molecular weight is 484 g/mol. The molecule has 0 N–H and O–H groups in total. The van der Waals surface area contributed by atoms with Gasteiger partial charge in [-0.3, -0.25) is 4.98 Å². The summed E-state index contributed by atoms with van der Waals surface area (Å²) in [6, 6.07) is 13.0. The lowest BCUT2D eigenvalue weighted by Crippen LogP contribution is -2.27. The van der Waals surface area contributed by atoms with Crippen LogP contribution in [0.2, 0.25) is 0 Å². The number of nitrogens with zero attached hydrogens (tertiary/aromatic N) is 5. The molecule has 156 valence electrons. The average Bonchev–Trinajstić information content (AvgIpc) is 3.14. The minimum atomic E-state index is 0.425. The number of fused-ring (bicyclic) bond motifs is 1. The lowest BCUT2D eigenvalue weighted by Gasteiger charge is -2.21. The molecule has 0 amide bonds. The molecule has 0 radical (unpaired) electrons. The van der Waals surface area contributed by atoms with Gasteiger partial charge in [-0.05, 0) is 62.1 Å². The topological polar surface area (TPSA) is 46.8 Å². The zero-order chi connectivity index (χ0) is 20.6. The summed E-state index contributed by atoms with van der Waals surface area (Å²) in [6.45, 7) is 6.63. The first-order chi connectivity index (χ1) is 14.7. The normalized spacial score (nSPS) is 22.9. The van der Waals surface area contributed by atoms with Gasteiger partial charge in [-0.15, -0.1) is 10.2 Å². The van der Waals surface area contributed by atoms with Gasteiger partial charge in [-0.1, -0.05) is 39.8 Å². The van der Waals surface area contributed by atoms with Crippen LogP contribution in [0.25, 0.3) is 11.4 Å². The van der Waals surface area contributed by atoms with Crippen LogP contribution >= 0.6 is 27.7 Å². The summed E-state index contributed by atoms with van der Waals surface area (Å²) >= 11 is 5.37. The standard InChI is InChI=1S/C23H26BrN5S/c1-2-29-21(17-5-3-10-25-14-17)26-27-22(29)30-12-4-11-28-15-19-13-23(19,16-28)18-6-8-20(24)9-7-18/h3,5-10,14,19H,2,4,11-13,15-16H2,1H3/t19-,23+/m1/s1. The van der Waals surface area contributed by atoms with Crippen molar-refractivity contribution in [3.8, 4) is 11.4 Å². The lowest BCUT2D eigenvalue weighted by molar-refractivity contribution is 0.299. The van der Waals surface area contributed by atoms with Gasteiger partial charge in [-0.2, -0.15) is 0 Å². The largest absolute Gasteiger partial charge is 0.302 e. The number of pyridine rings is 1. The van der Waals surface area contributed by atoms with Gasteiger partial charge in [0, 0.05) is 53.2 Å². The first-order valence-electron chi connectivity index (χ1n) is 10.6. The van der Waals surface area contributed by atoms with Gasteiger partial charge >= 0.3 is 0 Å². The third-order valence-corrected chi connectivity index (χ3v) is 8.02. The molecule has 2 fully saturated rings. The van der Waals surface area contributed by atoms with Crippen molar-refractivity contribution >= 4 is 27.7 Å². The van der Waals surface area contributed by atoms with E-state index < -0.39 is 0 Å². The zero-order valence-electron chi connectivity index (χ0n) is 17.2. The maximum absolute atomic E-state index is 4.44. The number of aromatic nitrogens is 4. The van der Waals surface area contributed by atoms with Gasteiger partial charge in [0.05, 0.1) is 0 Å². The van der Waals surface area contributed by atoms with Gasteiger partial charge in [0.25, 0.3) is 0 Å². The van der Waals surface area contributed by atoms with Gasteiger partial charge in [0.15, 0.2) is 11.0 Å². The number of piperidine rings is 1. The third-order valence-electron chi connectivity index (χ3n) is 6.44. The predicted octanol–water partition coefficient (Wildman–Crippen LogP) is 4.88. The van der Waals surface area contributed by atoms with E-state index in [-0.39, 0.29) is 0 Å². The Kier molecular flexibility index (Phi) is 5.69. The Morgan fingerprint density at radius 3 is 2.83 bits per heavy atom. The van der Waals surface area contributed by atoms with Crippen LogP contribution in [0.1, 0.15) is 25.3 Å². The van der Waals surface area contributed by atoms with E-state index in [2.05, 4.69) is 71.8 Å². The van der Waals surface area contributed by atoms with E-state index in [9.17, 15) is 0 Å². The first-order valence-corrected chi connectivity index (χ1v) is 12.4. The molecular formula is C23H26BrN5S. The highest BCUT2D eigenvalue weighted by Gasteiger charge is 2.60. The van der Waals surface area contributed by atoms with Gasteiger partial charge in [-0.25, -0.2) is 0 Å². The van der Waals surface area contributed by atoms with E-state index in [0.717, 1.165) is 41.3 Å². The second kappa shape index (κ2) is 8.44. The van der Waals surface area contributed by atoms with Crippen LogP contribution in [-0.4, -0.2) is 50.0 Å². The van der Waals surface area contributed by atoms with Crippen molar-refractivity contribution in [1.29, 1.82) is 0 Å². The number of likely N-dealkylation sites (tertiary alicyclic amines) is 1. The lowest BCUT2D eigenvalue weighted by atomic mass is 9.95. The van der Waals surface area contributed by atoms with Crippen molar-refractivity contribution in [1.82, 2.24) is 24.6 Å². The molecule has 1 aromatic carbocycles. The summed E-state index contributed by atoms with van der Waals surface area (Å²) in [7, 11) is 0. The zero-order valence-corrected chi connectivity index (χ0v) is 19.6. The molecule has 2 atom stereocenters. The molecule has 5 nitrogen and oxygen atoms in total. The van der Waals surface area contributed by atoms with Crippen LogP contribution in [0.3, 0.4) is 0 Å². The maximum Gasteiger partial charge on any atom is 0.191 e. The van der Waals surface area contributed by atoms with E-state index in [1.165, 1.54) is 36.0 Å². The van der Waals surface area contributed by atoms with E-state index in [1.807, 2.05) is 30.1 Å². The van der Waals surface area contributed by atoms with Crippen molar-refractivity contribution in [3.05, 3.63) is 58.8 Å². The van der Waals surface area contributed by atoms with Crippen molar-refractivity contribution in [3.63, 3.8) is 0 Å². The molecule has 3 aromatic rings. The summed E-state index contributed by atoms with van der Waals surface area (Å²) in [4.78, 5) is 6.87. The minimum Gasteiger partial charge on any atom is -0.302 e. The summed E-state index contributed by atoms with van der Waals surface area (Å²) < 4.78 is 3.35. The van der Waals surface area contributed by atoms with Crippen LogP contribution < -0.4 is 0 Å². The Morgan fingerprint density at radius 1 is 1.20 bits per heavy atom. The Bertz CT molecular complexity index is 1010. The highest BCUT2D eigenvalue weighted by Crippen LogP contribution is 2.59. The van der Waals surface area contributed by atoms with Gasteiger partial charge in [0.2, 0.25) is 0 Å². The molecule has 0 unspecified atom stereocenters. The summed E-state index contributed by atoms with van der Waals surface area (Å²) in [5, 5.41) is 9.86. The van der Waals surface area contributed by atoms with Crippen molar-refractivity contribution in [2.75, 3.05) is 25.4 Å². The van der Waals surface area contributed by atoms with Crippen molar-refractivity contribution < 1.29 is 0 Å². The van der Waals surface area contributed by atoms with Crippen LogP contribution in [0, 0.1) is 5.92 Å². The van der Waals surface area contributed by atoms with Crippen LogP contribution in [0.15, 0.2) is 58.4 Å². The Balaban J connectivity index is 1.14. The SMILES string of the molecule is CCn1c(SCCCN2C[C@H]3C[C@@]3(c3ccc(Br)cc3)C2)nnc1-c1cccnc1. The highest BCUT2D eigenvalue weighted by molar-refractivity contribution is 9.10. The monoisotopic (exact) mass is 483 g/mol. The fraction of sp³-hybridized carbons (Fsp3) is 0.435. The smallest absolute Gasteiger partial charge is 0.191 e. The molecule has 1 saturated heterocycles. The second-order valence-corrected chi connectivity index (χ2v) is 10.3. The molecule has 3 heterocycles. The Labute approximate surface area is 190 Å². The van der Waals surface area contributed by atoms with Gasteiger partial charge < -0.3 is 9.47 Å². The Hall–Kier alpha value is -1.70. The summed E-state index contributed by atoms with van der Waals surface area (Å²) in [5.41, 5.74) is 2.97. The molecule has 30 heavy (non-hydrogen) atoms. The minimum absolute atomic E-state index is 0.425. The van der Waals surface area contributed by atoms with Gasteiger partial charge in [0.1, 0.15) is 0 Å². The van der Waals surface area contributed by atoms with Crippen LogP contribution in [-0.2, 0) is 12.0 Å². The molecule has 0 spiro atoms. The molecule has 1 aliphatic heterocycles. The molecule has 2 aromatic heterocycles. The second-order valence-electron chi connectivity index (χ2n) is 8.29. The number of halogens is 1. The molecule has 2 aliphatic rings. The number of hydrogen-bond donors (Lipinski definition) is 0. The number of benzene rings is 1. The third kappa shape index (κ3) is 3.83. The van der Waals surface area contributed by atoms with Crippen molar-refractivity contribution in [2.24, 2.45) is 5.92 Å². The molecule has 1 aliphatic carbocycles. The summed E-state index contributed by atoms with van der Waals surface area (Å²) in [5.74, 6) is 2.82. The van der Waals surface area contributed by atoms with E-state index in [1.54, 1.807) is 6.20 Å². The first kappa shape index (κ1) is 20.2. The molecule has 1 saturated carbocycles. The quantitative estimate of drug-likeness (QED) is 0.337. The fourth-order valence-corrected chi connectivity index (χ4v) is 6.02. The molecule has 0 bridgehead atoms. The van der Waals surface area contributed by atoms with Crippen LogP contribution in [0.5, 0.6) is 0 Å². The van der Waals surface area contributed by atoms with E-state index in [0.29, 0.717) is 5.41 Å². The molecule has 5 rings (SSSR count). The number of rotatable bonds is 8. The van der Waals surface area contributed by atoms with Crippen molar-refractivity contribution in [2.45, 2.75) is 36.9 Å². The number of thioether (sulfide) groups is 1. The summed E-state index contributed by atoms with van der Waals surface area (Å²) in [6.07, 6.45) is 6.17. The number of hydrogen-bond acceptors (Lipinski definition) is 5. The van der Waals surface area contributed by atoms with E-state index >= 15 is 0 Å². The molecular weight excluding hydrogens is 458 g/mol. The maximum atomic E-state index is 4.44. The van der Waals surface area contributed by atoms with E-state index in [4.69, 9.17) is 0 Å². The predicted molar refractivity (Wildman–Crippen MR) is 125 cm³/mol. The molecule has 7 heteroatoms.